The first kappa shape index (κ1) is 11.0. The van der Waals surface area contributed by atoms with Gasteiger partial charge in [-0.1, -0.05) is 23.7 Å². The molecule has 0 aliphatic rings. The molecule has 0 amide bonds. The normalized spacial score (nSPS) is 10.4. The SMILES string of the molecule is Cc1c(Cl)cccc1C(=O)Cc1ccco1. The second-order valence-corrected chi connectivity index (χ2v) is 4.00. The van der Waals surface area contributed by atoms with Crippen LogP contribution in [-0.4, -0.2) is 5.78 Å². The summed E-state index contributed by atoms with van der Waals surface area (Å²) in [6.07, 6.45) is 1.83. The molecule has 2 aromatic rings. The minimum atomic E-state index is 0.0231. The van der Waals surface area contributed by atoms with E-state index in [-0.39, 0.29) is 12.2 Å². The summed E-state index contributed by atoms with van der Waals surface area (Å²) in [6, 6.07) is 8.91. The monoisotopic (exact) mass is 234 g/mol. The zero-order chi connectivity index (χ0) is 11.5. The standard InChI is InChI=1S/C13H11ClO2/c1-9-11(5-2-6-12(9)14)13(15)8-10-4-3-7-16-10/h2-7H,8H2,1H3. The molecule has 0 radical (unpaired) electrons. The van der Waals surface area contributed by atoms with Crippen LogP contribution in [0.25, 0.3) is 0 Å². The van der Waals surface area contributed by atoms with E-state index in [9.17, 15) is 4.79 Å². The Bertz CT molecular complexity index is 501. The molecule has 2 nitrogen and oxygen atoms in total. The van der Waals surface area contributed by atoms with Crippen LogP contribution in [0.15, 0.2) is 41.0 Å². The highest BCUT2D eigenvalue weighted by atomic mass is 35.5. The lowest BCUT2D eigenvalue weighted by Crippen LogP contribution is -2.05. The summed E-state index contributed by atoms with van der Waals surface area (Å²) >= 11 is 5.96. The summed E-state index contributed by atoms with van der Waals surface area (Å²) in [4.78, 5) is 12.0. The van der Waals surface area contributed by atoms with Gasteiger partial charge < -0.3 is 4.42 Å². The predicted molar refractivity (Wildman–Crippen MR) is 62.9 cm³/mol. The van der Waals surface area contributed by atoms with E-state index in [1.165, 1.54) is 0 Å². The maximum Gasteiger partial charge on any atom is 0.170 e. The lowest BCUT2D eigenvalue weighted by molar-refractivity contribution is 0.0986. The van der Waals surface area contributed by atoms with Gasteiger partial charge in [-0.15, -0.1) is 0 Å². The molecule has 16 heavy (non-hydrogen) atoms. The summed E-state index contributed by atoms with van der Waals surface area (Å²) in [5.41, 5.74) is 1.48. The summed E-state index contributed by atoms with van der Waals surface area (Å²) in [6.45, 7) is 1.84. The molecule has 0 aliphatic heterocycles. The maximum absolute atomic E-state index is 12.0. The lowest BCUT2D eigenvalue weighted by atomic mass is 10.0. The zero-order valence-electron chi connectivity index (χ0n) is 8.87. The molecule has 0 spiro atoms. The van der Waals surface area contributed by atoms with E-state index < -0.39 is 0 Å². The molecule has 3 heteroatoms. The second kappa shape index (κ2) is 4.54. The fourth-order valence-corrected chi connectivity index (χ4v) is 1.75. The molecule has 0 N–H and O–H groups in total. The molecular weight excluding hydrogens is 224 g/mol. The Labute approximate surface area is 98.8 Å². The van der Waals surface area contributed by atoms with Gasteiger partial charge in [0.1, 0.15) is 5.76 Å². The summed E-state index contributed by atoms with van der Waals surface area (Å²) in [7, 11) is 0. The van der Waals surface area contributed by atoms with Crippen LogP contribution in [0.4, 0.5) is 0 Å². The van der Waals surface area contributed by atoms with Crippen LogP contribution < -0.4 is 0 Å². The van der Waals surface area contributed by atoms with Gasteiger partial charge >= 0.3 is 0 Å². The van der Waals surface area contributed by atoms with Gasteiger partial charge in [-0.3, -0.25) is 4.79 Å². The third kappa shape index (κ3) is 2.17. The number of benzene rings is 1. The van der Waals surface area contributed by atoms with Crippen molar-refractivity contribution in [2.24, 2.45) is 0 Å². The van der Waals surface area contributed by atoms with Crippen molar-refractivity contribution in [3.63, 3.8) is 0 Å². The van der Waals surface area contributed by atoms with Crippen molar-refractivity contribution in [1.29, 1.82) is 0 Å². The van der Waals surface area contributed by atoms with E-state index in [1.54, 1.807) is 36.6 Å². The molecule has 0 saturated heterocycles. The first-order valence-corrected chi connectivity index (χ1v) is 5.37. The van der Waals surface area contributed by atoms with Crippen LogP contribution in [0.1, 0.15) is 21.7 Å². The number of furan rings is 1. The molecule has 0 aliphatic carbocycles. The van der Waals surface area contributed by atoms with Crippen LogP contribution in [0.3, 0.4) is 0 Å². The Hall–Kier alpha value is -1.54. The number of carbonyl (C=O) groups is 1. The van der Waals surface area contributed by atoms with E-state index in [2.05, 4.69) is 0 Å². The zero-order valence-corrected chi connectivity index (χ0v) is 9.62. The number of carbonyl (C=O) groups excluding carboxylic acids is 1. The Morgan fingerprint density at radius 2 is 2.12 bits per heavy atom. The van der Waals surface area contributed by atoms with E-state index in [1.807, 2.05) is 6.92 Å². The lowest BCUT2D eigenvalue weighted by Gasteiger charge is -2.05. The second-order valence-electron chi connectivity index (χ2n) is 3.59. The molecule has 1 aromatic heterocycles. The summed E-state index contributed by atoms with van der Waals surface area (Å²) in [5, 5.41) is 0.616. The van der Waals surface area contributed by atoms with Crippen molar-refractivity contribution < 1.29 is 9.21 Å². The average molecular weight is 235 g/mol. The fourth-order valence-electron chi connectivity index (χ4n) is 1.58. The van der Waals surface area contributed by atoms with Crippen LogP contribution in [0, 0.1) is 6.92 Å². The van der Waals surface area contributed by atoms with E-state index in [0.29, 0.717) is 16.3 Å². The molecule has 82 valence electrons. The maximum atomic E-state index is 12.0. The predicted octanol–water partition coefficient (Wildman–Crippen LogP) is 3.67. The molecular formula is C13H11ClO2. The van der Waals surface area contributed by atoms with Gasteiger partial charge in [-0.25, -0.2) is 0 Å². The largest absolute Gasteiger partial charge is 0.469 e. The van der Waals surface area contributed by atoms with Gasteiger partial charge in [-0.2, -0.15) is 0 Å². The summed E-state index contributed by atoms with van der Waals surface area (Å²) < 4.78 is 5.14. The third-order valence-corrected chi connectivity index (χ3v) is 2.89. The Morgan fingerprint density at radius 3 is 2.81 bits per heavy atom. The van der Waals surface area contributed by atoms with Crippen molar-refractivity contribution in [2.75, 3.05) is 0 Å². The highest BCUT2D eigenvalue weighted by Crippen LogP contribution is 2.20. The first-order valence-electron chi connectivity index (χ1n) is 4.99. The molecule has 0 atom stereocenters. The van der Waals surface area contributed by atoms with Crippen molar-refractivity contribution in [3.05, 3.63) is 58.5 Å². The number of rotatable bonds is 3. The van der Waals surface area contributed by atoms with Crippen molar-refractivity contribution >= 4 is 17.4 Å². The number of hydrogen-bond donors (Lipinski definition) is 0. The fraction of sp³-hybridized carbons (Fsp3) is 0.154. The molecule has 0 fully saturated rings. The van der Waals surface area contributed by atoms with Crippen LogP contribution in [-0.2, 0) is 6.42 Å². The molecule has 0 saturated carbocycles. The average Bonchev–Trinajstić information content (AvgIpc) is 2.74. The van der Waals surface area contributed by atoms with Crippen molar-refractivity contribution in [2.45, 2.75) is 13.3 Å². The van der Waals surface area contributed by atoms with Crippen LogP contribution in [0.2, 0.25) is 5.02 Å². The van der Waals surface area contributed by atoms with E-state index >= 15 is 0 Å². The molecule has 0 bridgehead atoms. The van der Waals surface area contributed by atoms with Crippen LogP contribution >= 0.6 is 11.6 Å². The minimum Gasteiger partial charge on any atom is -0.469 e. The molecule has 1 aromatic carbocycles. The van der Waals surface area contributed by atoms with Gasteiger partial charge in [-0.05, 0) is 30.7 Å². The quantitative estimate of drug-likeness (QED) is 0.759. The van der Waals surface area contributed by atoms with Gasteiger partial charge in [0.25, 0.3) is 0 Å². The smallest absolute Gasteiger partial charge is 0.170 e. The molecule has 1 heterocycles. The molecule has 0 unspecified atom stereocenters. The Balaban J connectivity index is 2.24. The van der Waals surface area contributed by atoms with Crippen molar-refractivity contribution in [1.82, 2.24) is 0 Å². The first-order chi connectivity index (χ1) is 7.68. The topological polar surface area (TPSA) is 30.2 Å². The minimum absolute atomic E-state index is 0.0231. The number of ketones is 1. The Kier molecular flexibility index (Phi) is 3.11. The third-order valence-electron chi connectivity index (χ3n) is 2.48. The van der Waals surface area contributed by atoms with Gasteiger partial charge in [0.05, 0.1) is 12.7 Å². The summed E-state index contributed by atoms with van der Waals surface area (Å²) in [5.74, 6) is 0.694. The number of Topliss-reactive ketones (excluding diaryl/α,β-unsaturated/α-hetero) is 1. The molecule has 2 rings (SSSR count). The number of hydrogen-bond acceptors (Lipinski definition) is 2. The van der Waals surface area contributed by atoms with Gasteiger partial charge in [0.15, 0.2) is 5.78 Å². The van der Waals surface area contributed by atoms with Crippen molar-refractivity contribution in [3.8, 4) is 0 Å². The highest BCUT2D eigenvalue weighted by molar-refractivity contribution is 6.31. The number of halogens is 1. The van der Waals surface area contributed by atoms with E-state index in [0.717, 1.165) is 5.56 Å². The highest BCUT2D eigenvalue weighted by Gasteiger charge is 2.12. The van der Waals surface area contributed by atoms with Gasteiger partial charge in [0.2, 0.25) is 0 Å². The van der Waals surface area contributed by atoms with E-state index in [4.69, 9.17) is 16.0 Å². The Morgan fingerprint density at radius 1 is 1.31 bits per heavy atom. The van der Waals surface area contributed by atoms with Crippen LogP contribution in [0.5, 0.6) is 0 Å². The van der Waals surface area contributed by atoms with Gasteiger partial charge in [0, 0.05) is 10.6 Å².